The molecule has 0 radical (unpaired) electrons. The third kappa shape index (κ3) is 54.4. The Hall–Kier alpha value is 1.74. The first-order chi connectivity index (χ1) is 35.2. The van der Waals surface area contributed by atoms with E-state index in [0.717, 1.165) is 173 Å². The van der Waals surface area contributed by atoms with Crippen LogP contribution in [0.5, 0.6) is 0 Å². The monoisotopic (exact) mass is 1210 g/mol. The van der Waals surface area contributed by atoms with Crippen LogP contribution in [0.25, 0.3) is 0 Å². The van der Waals surface area contributed by atoms with Crippen LogP contribution in [0, 0.1) is 0 Å². The molecule has 0 heterocycles. The first-order valence-corrected chi connectivity index (χ1v) is 34.0. The fourth-order valence-corrected chi connectivity index (χ4v) is 11.7. The quantitative estimate of drug-likeness (QED) is 0.0236. The Morgan fingerprint density at radius 1 is 0.282 bits per heavy atom. The molecule has 24 heteroatoms. The normalized spacial score (nSPS) is 13.8. The maximum Gasteiger partial charge on any atom is 1.00 e. The minimum atomic E-state index is -4.52. The summed E-state index contributed by atoms with van der Waals surface area (Å²) >= 11 is 0. The molecule has 0 rings (SSSR count). The molecule has 3 atom stereocenters. The number of hydrogen-bond acceptors (Lipinski definition) is 12. The Balaban J connectivity index is -0.000000245. The van der Waals surface area contributed by atoms with Gasteiger partial charge in [-0.25, -0.2) is 0 Å². The largest absolute Gasteiger partial charge is 1.00 e. The third-order valence-electron chi connectivity index (χ3n) is 14.0. The van der Waals surface area contributed by atoms with Gasteiger partial charge in [0.2, 0.25) is 0 Å². The molecule has 3 unspecified atom stereocenters. The van der Waals surface area contributed by atoms with Crippen LogP contribution >= 0.6 is 22.8 Å². The van der Waals surface area contributed by atoms with Crippen molar-refractivity contribution < 1.29 is 177 Å². The molecule has 0 aromatic rings. The maximum absolute atomic E-state index is 11.6. The van der Waals surface area contributed by atoms with Crippen LogP contribution in [0.3, 0.4) is 0 Å². The summed E-state index contributed by atoms with van der Waals surface area (Å²) in [7, 11) is -13.5. The number of rotatable bonds is 51. The van der Waals surface area contributed by atoms with Crippen LogP contribution in [-0.2, 0) is 28.1 Å². The molecular weight excluding hydrogens is 1100 g/mol. The van der Waals surface area contributed by atoms with Gasteiger partial charge in [0.15, 0.2) is 16.0 Å². The molecule has 450 valence electrons. The maximum atomic E-state index is 11.6. The van der Waals surface area contributed by atoms with Gasteiger partial charge in [0.1, 0.15) is 0 Å². The summed E-state index contributed by atoms with van der Waals surface area (Å²) in [5, 5.41) is 56.3. The summed E-state index contributed by atoms with van der Waals surface area (Å²) in [5.41, 5.74) is 0. The van der Waals surface area contributed by atoms with Crippen LogP contribution in [0.1, 0.15) is 310 Å². The van der Waals surface area contributed by atoms with E-state index in [4.69, 9.17) is 0 Å². The Morgan fingerprint density at radius 3 is 0.538 bits per heavy atom. The van der Waals surface area contributed by atoms with Gasteiger partial charge in [0.05, 0.1) is 0 Å². The molecule has 0 aliphatic rings. The number of carbonyl (C=O) groups excluding carboxylic acids is 3. The molecular formula is C54H108Na3O18P3. The van der Waals surface area contributed by atoms with Crippen molar-refractivity contribution in [2.75, 3.05) is 0 Å². The number of unbranched alkanes of at least 4 members (excludes halogenated alkanes) is 30. The number of aliphatic carboxylic acids is 3. The zero-order valence-electron chi connectivity index (χ0n) is 49.9. The van der Waals surface area contributed by atoms with Crippen LogP contribution < -0.4 is 104 Å². The first-order valence-electron chi connectivity index (χ1n) is 29.1. The van der Waals surface area contributed by atoms with Crippen LogP contribution in [0.4, 0.5) is 0 Å². The summed E-state index contributed by atoms with van der Waals surface area (Å²) in [6.45, 7) is 6.20. The SMILES string of the molecule is CCCCCCC(O)(CCCCCCCCCCC(=O)[O-])P(=O)(O)O.CCCCCCC(O)(CCCCCCCCCCC(=O)[O-])P(=O)(O)O.CCCCCCC(O)(CCCCCCCCCCC(=O)[O-])P(=O)(O)O.[Na+].[Na+].[Na+]. The number of aliphatic hydroxyl groups is 3. The molecule has 0 spiro atoms. The van der Waals surface area contributed by atoms with E-state index < -0.39 is 56.7 Å². The standard InChI is InChI=1S/3C18H37O6P.3Na/c3*1-2-3-4-12-15-18(21,25(22,23)24)16-13-10-8-6-5-7-9-11-14-17(19)20;;;/h3*21H,2-16H2,1H3,(H,19,20)(H2,22,23,24);;;/q;;;3*+1/p-3. The molecule has 9 N–H and O–H groups in total. The van der Waals surface area contributed by atoms with Gasteiger partial charge in [-0.1, -0.05) is 194 Å². The number of hydrogen-bond donors (Lipinski definition) is 9. The summed E-state index contributed by atoms with van der Waals surface area (Å²) in [6.07, 6.45) is 33.1. The van der Waals surface area contributed by atoms with E-state index in [1.165, 1.54) is 0 Å². The van der Waals surface area contributed by atoms with Gasteiger partial charge >= 0.3 is 111 Å². The Bertz CT molecular complexity index is 1380. The fourth-order valence-electron chi connectivity index (χ4n) is 8.97. The average molecular weight is 1210 g/mol. The van der Waals surface area contributed by atoms with E-state index in [9.17, 15) is 88.1 Å². The van der Waals surface area contributed by atoms with Crippen molar-refractivity contribution in [2.45, 2.75) is 326 Å². The first kappa shape index (κ1) is 90.9. The smallest absolute Gasteiger partial charge is 0.550 e. The van der Waals surface area contributed by atoms with Crippen LogP contribution in [0.2, 0.25) is 0 Å². The van der Waals surface area contributed by atoms with E-state index >= 15 is 0 Å². The van der Waals surface area contributed by atoms with E-state index in [-0.39, 0.29) is 146 Å². The van der Waals surface area contributed by atoms with Crippen molar-refractivity contribution in [3.05, 3.63) is 0 Å². The van der Waals surface area contributed by atoms with Crippen molar-refractivity contribution in [3.63, 3.8) is 0 Å². The Labute approximate surface area is 538 Å². The molecule has 78 heavy (non-hydrogen) atoms. The van der Waals surface area contributed by atoms with Gasteiger partial charge < -0.3 is 74.4 Å². The van der Waals surface area contributed by atoms with Crippen molar-refractivity contribution >= 4 is 40.7 Å². The van der Waals surface area contributed by atoms with E-state index in [1.807, 2.05) is 0 Å². The van der Waals surface area contributed by atoms with Gasteiger partial charge in [-0.15, -0.1) is 0 Å². The summed E-state index contributed by atoms with van der Waals surface area (Å²) in [4.78, 5) is 87.6. The van der Waals surface area contributed by atoms with Gasteiger partial charge in [-0.3, -0.25) is 13.7 Å². The van der Waals surface area contributed by atoms with E-state index in [1.54, 1.807) is 0 Å². The van der Waals surface area contributed by atoms with E-state index in [2.05, 4.69) is 20.8 Å². The molecule has 0 bridgehead atoms. The zero-order valence-corrected chi connectivity index (χ0v) is 58.5. The predicted octanol–water partition coefficient (Wildman–Crippen LogP) is 1.43. The number of carboxylic acid groups (broad SMARTS) is 3. The Morgan fingerprint density at radius 2 is 0.410 bits per heavy atom. The molecule has 0 amide bonds. The summed E-state index contributed by atoms with van der Waals surface area (Å²) in [5.74, 6) is -2.98. The second-order valence-corrected chi connectivity index (χ2v) is 26.9. The second-order valence-electron chi connectivity index (χ2n) is 21.1. The van der Waals surface area contributed by atoms with Crippen molar-refractivity contribution in [1.29, 1.82) is 0 Å². The predicted molar refractivity (Wildman–Crippen MR) is 291 cm³/mol. The van der Waals surface area contributed by atoms with Crippen molar-refractivity contribution in [2.24, 2.45) is 0 Å². The molecule has 0 aliphatic carbocycles. The molecule has 0 saturated heterocycles. The molecule has 0 aromatic heterocycles. The molecule has 0 aromatic carbocycles. The topological polar surface area (TPSA) is 354 Å². The van der Waals surface area contributed by atoms with Gasteiger partial charge in [0, 0.05) is 17.9 Å². The van der Waals surface area contributed by atoms with Crippen LogP contribution in [0.15, 0.2) is 0 Å². The van der Waals surface area contributed by atoms with Gasteiger partial charge in [0.25, 0.3) is 0 Å². The minimum absolute atomic E-state index is 0. The zero-order chi connectivity index (χ0) is 57.6. The van der Waals surface area contributed by atoms with Gasteiger partial charge in [-0.05, 0) is 116 Å². The second kappa shape index (κ2) is 56.5. The third-order valence-corrected chi connectivity index (χ3v) is 18.6. The van der Waals surface area contributed by atoms with E-state index in [0.29, 0.717) is 57.8 Å². The van der Waals surface area contributed by atoms with Crippen LogP contribution in [-0.4, -0.2) is 78.6 Å². The van der Waals surface area contributed by atoms with Crippen molar-refractivity contribution in [3.8, 4) is 0 Å². The molecule has 18 nitrogen and oxygen atoms in total. The number of carbonyl (C=O) groups is 3. The number of carboxylic acids is 3. The minimum Gasteiger partial charge on any atom is -0.550 e. The fraction of sp³-hybridized carbons (Fsp3) is 0.944. The molecule has 0 aliphatic heterocycles. The molecule has 0 fully saturated rings. The van der Waals surface area contributed by atoms with Gasteiger partial charge in [-0.2, -0.15) is 0 Å². The average Bonchev–Trinajstić information content (AvgIpc) is 3.31. The molecule has 0 saturated carbocycles. The Kier molecular flexibility index (Phi) is 65.9. The van der Waals surface area contributed by atoms with Crippen molar-refractivity contribution in [1.82, 2.24) is 0 Å². The summed E-state index contributed by atoms with van der Waals surface area (Å²) in [6, 6.07) is 0. The summed E-state index contributed by atoms with van der Waals surface area (Å²) < 4.78 is 34.9.